The van der Waals surface area contributed by atoms with Crippen molar-refractivity contribution in [1.82, 2.24) is 19.7 Å². The summed E-state index contributed by atoms with van der Waals surface area (Å²) in [7, 11) is 0. The highest BCUT2D eigenvalue weighted by atomic mass is 16.3. The Kier molecular flexibility index (Phi) is 5.45. The van der Waals surface area contributed by atoms with E-state index in [0.717, 1.165) is 55.3 Å². The number of nitrogens with one attached hydrogen (secondary N) is 1. The van der Waals surface area contributed by atoms with E-state index in [1.165, 1.54) is 12.8 Å². The van der Waals surface area contributed by atoms with Crippen molar-refractivity contribution in [3.8, 4) is 5.82 Å². The average Bonchev–Trinajstić information content (AvgIpc) is 2.92. The summed E-state index contributed by atoms with van der Waals surface area (Å²) in [5.41, 5.74) is 2.02. The van der Waals surface area contributed by atoms with Crippen LogP contribution < -0.4 is 5.32 Å². The van der Waals surface area contributed by atoms with Crippen molar-refractivity contribution in [2.75, 3.05) is 11.9 Å². The molecule has 0 aliphatic heterocycles. The van der Waals surface area contributed by atoms with E-state index in [2.05, 4.69) is 20.4 Å². The van der Waals surface area contributed by atoms with Gasteiger partial charge >= 0.3 is 0 Å². The topological polar surface area (TPSA) is 75.9 Å². The number of hydrogen-bond acceptors (Lipinski definition) is 5. The van der Waals surface area contributed by atoms with Crippen LogP contribution in [0.3, 0.4) is 0 Å². The summed E-state index contributed by atoms with van der Waals surface area (Å²) in [5, 5.41) is 17.8. The van der Waals surface area contributed by atoms with Crippen molar-refractivity contribution in [1.29, 1.82) is 0 Å². The van der Waals surface area contributed by atoms with E-state index in [4.69, 9.17) is 0 Å². The Balaban J connectivity index is 1.52. The molecule has 6 nitrogen and oxygen atoms in total. The van der Waals surface area contributed by atoms with Crippen LogP contribution in [0.5, 0.6) is 0 Å². The van der Waals surface area contributed by atoms with Crippen molar-refractivity contribution in [3.63, 3.8) is 0 Å². The lowest BCUT2D eigenvalue weighted by molar-refractivity contribution is 0.0648. The first kappa shape index (κ1) is 16.9. The summed E-state index contributed by atoms with van der Waals surface area (Å²) in [5.74, 6) is 1.96. The van der Waals surface area contributed by atoms with Gasteiger partial charge in [-0.2, -0.15) is 5.10 Å². The first-order valence-electron chi connectivity index (χ1n) is 8.91. The fourth-order valence-electron chi connectivity index (χ4n) is 3.51. The van der Waals surface area contributed by atoms with Gasteiger partial charge in [0.1, 0.15) is 5.82 Å². The second kappa shape index (κ2) is 7.75. The van der Waals surface area contributed by atoms with Crippen LogP contribution in [0.1, 0.15) is 49.9 Å². The summed E-state index contributed by atoms with van der Waals surface area (Å²) in [6.45, 7) is 4.83. The molecule has 0 radical (unpaired) electrons. The van der Waals surface area contributed by atoms with Gasteiger partial charge < -0.3 is 10.4 Å². The summed E-state index contributed by atoms with van der Waals surface area (Å²) in [6, 6.07) is 2.03. The van der Waals surface area contributed by atoms with Gasteiger partial charge in [0, 0.05) is 12.2 Å². The molecular formula is C18H27N5O. The molecule has 2 aromatic heterocycles. The van der Waals surface area contributed by atoms with Gasteiger partial charge in [-0.25, -0.2) is 9.67 Å². The van der Waals surface area contributed by atoms with Gasteiger partial charge in [-0.15, -0.1) is 0 Å². The minimum atomic E-state index is -0.104. The molecule has 0 spiro atoms. The number of aliphatic hydroxyl groups is 1. The first-order chi connectivity index (χ1) is 11.6. The molecular weight excluding hydrogens is 302 g/mol. The van der Waals surface area contributed by atoms with Gasteiger partial charge in [-0.1, -0.05) is 12.8 Å². The quantitative estimate of drug-likeness (QED) is 0.797. The molecule has 2 N–H and O–H groups in total. The van der Waals surface area contributed by atoms with E-state index >= 15 is 0 Å². The number of aliphatic hydroxyl groups excluding tert-OH is 1. The molecule has 2 heterocycles. The second-order valence-corrected chi connectivity index (χ2v) is 6.78. The largest absolute Gasteiger partial charge is 0.393 e. The minimum absolute atomic E-state index is 0.104. The van der Waals surface area contributed by atoms with Gasteiger partial charge in [-0.05, 0) is 51.5 Å². The molecule has 0 amide bonds. The fraction of sp³-hybridized carbons (Fsp3) is 0.611. The zero-order valence-electron chi connectivity index (χ0n) is 14.6. The molecule has 2 unspecified atom stereocenters. The molecule has 1 fully saturated rings. The highest BCUT2D eigenvalue weighted by molar-refractivity contribution is 5.36. The van der Waals surface area contributed by atoms with Crippen molar-refractivity contribution >= 4 is 5.82 Å². The molecule has 1 saturated carbocycles. The Bertz CT molecular complexity index is 669. The molecule has 0 aromatic carbocycles. The Labute approximate surface area is 143 Å². The van der Waals surface area contributed by atoms with Gasteiger partial charge in [0.2, 0.25) is 0 Å². The lowest BCUT2D eigenvalue weighted by Crippen LogP contribution is -2.24. The summed E-state index contributed by atoms with van der Waals surface area (Å²) in [4.78, 5) is 8.86. The third kappa shape index (κ3) is 4.12. The van der Waals surface area contributed by atoms with Gasteiger partial charge in [0.05, 0.1) is 24.2 Å². The van der Waals surface area contributed by atoms with Crippen molar-refractivity contribution in [2.24, 2.45) is 5.92 Å². The van der Waals surface area contributed by atoms with Crippen molar-refractivity contribution in [3.05, 3.63) is 29.8 Å². The summed E-state index contributed by atoms with van der Waals surface area (Å²) >= 11 is 0. The maximum Gasteiger partial charge on any atom is 0.174 e. The highest BCUT2D eigenvalue weighted by Crippen LogP contribution is 2.27. The number of nitrogens with zero attached hydrogens (tertiary/aromatic N) is 4. The number of aryl methyl sites for hydroxylation is 2. The molecule has 130 valence electrons. The molecule has 1 aliphatic carbocycles. The van der Waals surface area contributed by atoms with E-state index < -0.39 is 0 Å². The van der Waals surface area contributed by atoms with Crippen molar-refractivity contribution < 1.29 is 5.11 Å². The van der Waals surface area contributed by atoms with Crippen LogP contribution in [0.25, 0.3) is 5.82 Å². The standard InChI is InChI=1S/C18H27N5O/c1-13-10-14(2)23(22-13)18-12-19-11-17(21-18)20-9-5-7-15-6-3-4-8-16(15)24/h10-12,15-16,24H,3-9H2,1-2H3,(H,20,21). The fourth-order valence-corrected chi connectivity index (χ4v) is 3.51. The Morgan fingerprint density at radius 3 is 2.83 bits per heavy atom. The van der Waals surface area contributed by atoms with E-state index in [1.807, 2.05) is 24.6 Å². The van der Waals surface area contributed by atoms with E-state index in [0.29, 0.717) is 5.92 Å². The van der Waals surface area contributed by atoms with E-state index in [1.54, 1.807) is 12.4 Å². The number of rotatable bonds is 6. The van der Waals surface area contributed by atoms with Crippen LogP contribution in [-0.4, -0.2) is 37.5 Å². The third-order valence-electron chi connectivity index (χ3n) is 4.78. The number of hydrogen-bond donors (Lipinski definition) is 2. The SMILES string of the molecule is Cc1cc(C)n(-c2cncc(NCCCC3CCCCC3O)n2)n1. The van der Waals surface area contributed by atoms with Gasteiger partial charge in [0.15, 0.2) is 5.82 Å². The van der Waals surface area contributed by atoms with Crippen LogP contribution in [-0.2, 0) is 0 Å². The van der Waals surface area contributed by atoms with Crippen molar-refractivity contribution in [2.45, 2.75) is 58.5 Å². The Hall–Kier alpha value is -1.95. The molecule has 24 heavy (non-hydrogen) atoms. The Morgan fingerprint density at radius 2 is 2.08 bits per heavy atom. The zero-order chi connectivity index (χ0) is 16.9. The van der Waals surface area contributed by atoms with Crippen LogP contribution in [0.4, 0.5) is 5.82 Å². The van der Waals surface area contributed by atoms with Crippen LogP contribution in [0.15, 0.2) is 18.5 Å². The molecule has 0 bridgehead atoms. The predicted molar refractivity (Wildman–Crippen MR) is 94.3 cm³/mol. The zero-order valence-corrected chi connectivity index (χ0v) is 14.6. The molecule has 1 aliphatic rings. The molecule has 3 rings (SSSR count). The smallest absolute Gasteiger partial charge is 0.174 e. The van der Waals surface area contributed by atoms with Crippen LogP contribution >= 0.6 is 0 Å². The molecule has 2 atom stereocenters. The van der Waals surface area contributed by atoms with Gasteiger partial charge in [-0.3, -0.25) is 4.98 Å². The van der Waals surface area contributed by atoms with E-state index in [-0.39, 0.29) is 6.10 Å². The van der Waals surface area contributed by atoms with Crippen LogP contribution in [0.2, 0.25) is 0 Å². The summed E-state index contributed by atoms with van der Waals surface area (Å²) in [6.07, 6.45) is 10.0. The van der Waals surface area contributed by atoms with Crippen LogP contribution in [0, 0.1) is 19.8 Å². The third-order valence-corrected chi connectivity index (χ3v) is 4.78. The predicted octanol–water partition coefficient (Wildman–Crippen LogP) is 3.02. The van der Waals surface area contributed by atoms with Gasteiger partial charge in [0.25, 0.3) is 0 Å². The number of anilines is 1. The average molecular weight is 329 g/mol. The van der Waals surface area contributed by atoms with E-state index in [9.17, 15) is 5.11 Å². The lowest BCUT2D eigenvalue weighted by Gasteiger charge is -2.27. The number of aromatic nitrogens is 4. The lowest BCUT2D eigenvalue weighted by atomic mass is 9.83. The molecule has 0 saturated heterocycles. The monoisotopic (exact) mass is 329 g/mol. The molecule has 6 heteroatoms. The first-order valence-corrected chi connectivity index (χ1v) is 8.91. The molecule has 2 aromatic rings. The maximum absolute atomic E-state index is 10.0. The summed E-state index contributed by atoms with van der Waals surface area (Å²) < 4.78 is 1.81. The highest BCUT2D eigenvalue weighted by Gasteiger charge is 2.22. The Morgan fingerprint density at radius 1 is 1.25 bits per heavy atom. The normalized spacial score (nSPS) is 21.0. The second-order valence-electron chi connectivity index (χ2n) is 6.78. The maximum atomic E-state index is 10.0. The minimum Gasteiger partial charge on any atom is -0.393 e.